The number of aliphatic hydroxyl groups excluding tert-OH is 1. The lowest BCUT2D eigenvalue weighted by atomic mass is 9.95. The van der Waals surface area contributed by atoms with Gasteiger partial charge in [-0.25, -0.2) is 0 Å². The van der Waals surface area contributed by atoms with E-state index in [0.717, 1.165) is 6.42 Å². The second-order valence-corrected chi connectivity index (χ2v) is 4.08. The molecular weight excluding hydrogens is 180 g/mol. The molecule has 0 aliphatic heterocycles. The fraction of sp³-hybridized carbons (Fsp3) is 0.889. The van der Waals surface area contributed by atoms with E-state index < -0.39 is 0 Å². The minimum absolute atomic E-state index is 0.191. The monoisotopic (exact) mass is 198 g/mol. The first-order chi connectivity index (χ1) is 6.61. The zero-order valence-electron chi connectivity index (χ0n) is 9.01. The summed E-state index contributed by atoms with van der Waals surface area (Å²) in [5.74, 6) is 1.55. The van der Waals surface area contributed by atoms with Gasteiger partial charge >= 0.3 is 0 Å². The summed E-state index contributed by atoms with van der Waals surface area (Å²) >= 11 is 0. The number of aliphatic hydroxyl groups is 1. The van der Waals surface area contributed by atoms with E-state index >= 15 is 0 Å². The van der Waals surface area contributed by atoms with Crippen LogP contribution in [0.1, 0.15) is 26.1 Å². The fourth-order valence-corrected chi connectivity index (χ4v) is 1.55. The Labute approximate surface area is 84.1 Å². The molecule has 1 heterocycles. The van der Waals surface area contributed by atoms with E-state index in [4.69, 9.17) is 5.11 Å². The van der Waals surface area contributed by atoms with Crippen LogP contribution in [-0.2, 0) is 13.5 Å². The first kappa shape index (κ1) is 11.1. The van der Waals surface area contributed by atoms with Crippen molar-refractivity contribution in [1.82, 2.24) is 20.2 Å². The Balaban J connectivity index is 2.48. The molecule has 1 aromatic rings. The van der Waals surface area contributed by atoms with Crippen LogP contribution in [0.5, 0.6) is 0 Å². The van der Waals surface area contributed by atoms with E-state index in [1.54, 1.807) is 7.05 Å². The standard InChI is InChI=1S/C9H18N4O/c1-7(2)4-8(6-14)5-9-10-12-13(3)11-9/h7-8,14H,4-6H2,1-3H3. The van der Waals surface area contributed by atoms with Gasteiger partial charge in [0.1, 0.15) is 0 Å². The molecule has 1 N–H and O–H groups in total. The number of tetrazole rings is 1. The summed E-state index contributed by atoms with van der Waals surface area (Å²) in [5, 5.41) is 20.9. The third-order valence-electron chi connectivity index (χ3n) is 2.08. The number of aromatic nitrogens is 4. The van der Waals surface area contributed by atoms with Crippen LogP contribution in [0.4, 0.5) is 0 Å². The van der Waals surface area contributed by atoms with Gasteiger partial charge in [0.05, 0.1) is 7.05 Å². The van der Waals surface area contributed by atoms with Gasteiger partial charge < -0.3 is 5.11 Å². The Hall–Kier alpha value is -0.970. The van der Waals surface area contributed by atoms with Crippen molar-refractivity contribution < 1.29 is 5.11 Å². The smallest absolute Gasteiger partial charge is 0.175 e. The SMILES string of the molecule is CC(C)CC(CO)Cc1nnn(C)n1. The average Bonchev–Trinajstić information content (AvgIpc) is 2.49. The van der Waals surface area contributed by atoms with E-state index in [9.17, 15) is 0 Å². The maximum Gasteiger partial charge on any atom is 0.175 e. The molecule has 1 unspecified atom stereocenters. The van der Waals surface area contributed by atoms with E-state index in [-0.39, 0.29) is 12.5 Å². The highest BCUT2D eigenvalue weighted by molar-refractivity contribution is 4.81. The molecule has 1 rings (SSSR count). The molecule has 5 nitrogen and oxygen atoms in total. The summed E-state index contributed by atoms with van der Waals surface area (Å²) in [5.41, 5.74) is 0. The van der Waals surface area contributed by atoms with E-state index in [1.807, 2.05) is 0 Å². The largest absolute Gasteiger partial charge is 0.396 e. The number of nitrogens with zero attached hydrogens (tertiary/aromatic N) is 4. The molecule has 0 aliphatic rings. The van der Waals surface area contributed by atoms with Gasteiger partial charge in [-0.1, -0.05) is 13.8 Å². The molecule has 0 radical (unpaired) electrons. The molecule has 0 aromatic carbocycles. The summed E-state index contributed by atoms with van der Waals surface area (Å²) in [6.45, 7) is 4.48. The van der Waals surface area contributed by atoms with Crippen molar-refractivity contribution in [3.8, 4) is 0 Å². The summed E-state index contributed by atoms with van der Waals surface area (Å²) in [4.78, 5) is 1.44. The number of rotatable bonds is 5. The molecular formula is C9H18N4O. The third kappa shape index (κ3) is 3.41. The van der Waals surface area contributed by atoms with Crippen LogP contribution in [0.25, 0.3) is 0 Å². The van der Waals surface area contributed by atoms with E-state index in [0.29, 0.717) is 18.2 Å². The second-order valence-electron chi connectivity index (χ2n) is 4.08. The van der Waals surface area contributed by atoms with Crippen LogP contribution in [0, 0.1) is 11.8 Å². The number of aryl methyl sites for hydroxylation is 1. The van der Waals surface area contributed by atoms with Crippen molar-refractivity contribution in [2.75, 3.05) is 6.61 Å². The molecule has 0 fully saturated rings. The molecule has 0 saturated carbocycles. The van der Waals surface area contributed by atoms with Crippen molar-refractivity contribution in [1.29, 1.82) is 0 Å². The van der Waals surface area contributed by atoms with Gasteiger partial charge in [-0.3, -0.25) is 0 Å². The Morgan fingerprint density at radius 1 is 1.43 bits per heavy atom. The Kier molecular flexibility index (Phi) is 4.00. The third-order valence-corrected chi connectivity index (χ3v) is 2.08. The second kappa shape index (κ2) is 5.05. The van der Waals surface area contributed by atoms with Crippen molar-refractivity contribution >= 4 is 0 Å². The van der Waals surface area contributed by atoms with Crippen LogP contribution in [0.2, 0.25) is 0 Å². The van der Waals surface area contributed by atoms with Crippen molar-refractivity contribution in [3.63, 3.8) is 0 Å². The van der Waals surface area contributed by atoms with Gasteiger partial charge in [-0.15, -0.1) is 10.2 Å². The minimum atomic E-state index is 0.191. The van der Waals surface area contributed by atoms with Crippen LogP contribution >= 0.6 is 0 Å². The highest BCUT2D eigenvalue weighted by atomic mass is 16.3. The minimum Gasteiger partial charge on any atom is -0.396 e. The number of hydrogen-bond donors (Lipinski definition) is 1. The van der Waals surface area contributed by atoms with E-state index in [2.05, 4.69) is 29.3 Å². The summed E-state index contributed by atoms with van der Waals surface area (Å²) in [6.07, 6.45) is 1.71. The Morgan fingerprint density at radius 2 is 2.14 bits per heavy atom. The van der Waals surface area contributed by atoms with Crippen LogP contribution in [0.15, 0.2) is 0 Å². The lowest BCUT2D eigenvalue weighted by Crippen LogP contribution is -2.13. The molecule has 0 spiro atoms. The molecule has 0 amide bonds. The molecule has 0 saturated heterocycles. The number of hydrogen-bond acceptors (Lipinski definition) is 4. The zero-order valence-corrected chi connectivity index (χ0v) is 9.01. The molecule has 80 valence electrons. The molecule has 14 heavy (non-hydrogen) atoms. The predicted molar refractivity (Wildman–Crippen MR) is 52.5 cm³/mol. The van der Waals surface area contributed by atoms with E-state index in [1.165, 1.54) is 4.80 Å². The molecule has 1 aromatic heterocycles. The van der Waals surface area contributed by atoms with Crippen molar-refractivity contribution in [2.45, 2.75) is 26.7 Å². The first-order valence-electron chi connectivity index (χ1n) is 4.95. The Morgan fingerprint density at radius 3 is 2.57 bits per heavy atom. The maximum atomic E-state index is 9.16. The normalized spacial score (nSPS) is 13.5. The highest BCUT2D eigenvalue weighted by Gasteiger charge is 2.13. The van der Waals surface area contributed by atoms with Gasteiger partial charge in [-0.2, -0.15) is 4.80 Å². The lowest BCUT2D eigenvalue weighted by molar-refractivity contribution is 0.203. The predicted octanol–water partition coefficient (Wildman–Crippen LogP) is 0.407. The van der Waals surface area contributed by atoms with Crippen molar-refractivity contribution in [2.24, 2.45) is 18.9 Å². The lowest BCUT2D eigenvalue weighted by Gasteiger charge is -2.13. The summed E-state index contributed by atoms with van der Waals surface area (Å²) in [7, 11) is 1.74. The van der Waals surface area contributed by atoms with Crippen LogP contribution in [0.3, 0.4) is 0 Å². The van der Waals surface area contributed by atoms with Crippen LogP contribution in [-0.4, -0.2) is 31.9 Å². The molecule has 0 bridgehead atoms. The average molecular weight is 198 g/mol. The topological polar surface area (TPSA) is 63.8 Å². The van der Waals surface area contributed by atoms with Gasteiger partial charge in [0.15, 0.2) is 5.82 Å². The highest BCUT2D eigenvalue weighted by Crippen LogP contribution is 2.14. The van der Waals surface area contributed by atoms with Crippen molar-refractivity contribution in [3.05, 3.63) is 5.82 Å². The van der Waals surface area contributed by atoms with Gasteiger partial charge in [0, 0.05) is 13.0 Å². The fourth-order valence-electron chi connectivity index (χ4n) is 1.55. The van der Waals surface area contributed by atoms with Gasteiger partial charge in [0.25, 0.3) is 0 Å². The maximum absolute atomic E-state index is 9.16. The zero-order chi connectivity index (χ0) is 10.6. The van der Waals surface area contributed by atoms with Gasteiger partial charge in [0.2, 0.25) is 0 Å². The molecule has 1 atom stereocenters. The van der Waals surface area contributed by atoms with Gasteiger partial charge in [-0.05, 0) is 23.5 Å². The van der Waals surface area contributed by atoms with Crippen LogP contribution < -0.4 is 0 Å². The first-order valence-corrected chi connectivity index (χ1v) is 4.95. The Bertz CT molecular complexity index is 272. The molecule has 5 heteroatoms. The molecule has 0 aliphatic carbocycles. The summed E-state index contributed by atoms with van der Waals surface area (Å²) < 4.78 is 0. The quantitative estimate of drug-likeness (QED) is 0.744. The summed E-state index contributed by atoms with van der Waals surface area (Å²) in [6, 6.07) is 0.